The summed E-state index contributed by atoms with van der Waals surface area (Å²) in [7, 11) is 0. The lowest BCUT2D eigenvalue weighted by Gasteiger charge is -2.23. The third kappa shape index (κ3) is 3.44. The van der Waals surface area contributed by atoms with Crippen LogP contribution in [0.1, 0.15) is 20.3 Å². The maximum Gasteiger partial charge on any atom is 0.0788 e. The normalized spacial score (nSPS) is 14.6. The molecule has 0 spiro atoms. The van der Waals surface area contributed by atoms with E-state index in [-0.39, 0.29) is 0 Å². The van der Waals surface area contributed by atoms with E-state index in [1.54, 1.807) is 19.1 Å². The zero-order chi connectivity index (χ0) is 12.3. The fraction of sp³-hybridized carbons (Fsp3) is 0.455. The van der Waals surface area contributed by atoms with E-state index in [0.717, 1.165) is 0 Å². The zero-order valence-electron chi connectivity index (χ0n) is 9.35. The molecule has 0 heterocycles. The van der Waals surface area contributed by atoms with Gasteiger partial charge < -0.3 is 16.2 Å². The van der Waals surface area contributed by atoms with Crippen LogP contribution in [0.15, 0.2) is 12.1 Å². The van der Waals surface area contributed by atoms with Gasteiger partial charge in [-0.3, -0.25) is 0 Å². The second-order valence-corrected chi connectivity index (χ2v) is 4.87. The van der Waals surface area contributed by atoms with Crippen LogP contribution < -0.4 is 11.1 Å². The maximum atomic E-state index is 9.84. The second kappa shape index (κ2) is 5.13. The fourth-order valence-corrected chi connectivity index (χ4v) is 1.46. The molecule has 5 heteroatoms. The van der Waals surface area contributed by atoms with Crippen molar-refractivity contribution in [3.05, 3.63) is 22.2 Å². The molecule has 4 N–H and O–H groups in total. The SMILES string of the molecule is CCC(C)(O)CNc1cc(Cl)c(Cl)cc1N. The lowest BCUT2D eigenvalue weighted by atomic mass is 10.0. The minimum atomic E-state index is -0.765. The quantitative estimate of drug-likeness (QED) is 0.731. The van der Waals surface area contributed by atoms with Crippen molar-refractivity contribution in [2.24, 2.45) is 0 Å². The molecule has 0 saturated carbocycles. The number of halogens is 2. The summed E-state index contributed by atoms with van der Waals surface area (Å²) < 4.78 is 0. The van der Waals surface area contributed by atoms with Gasteiger partial charge in [-0.05, 0) is 25.5 Å². The highest BCUT2D eigenvalue weighted by Gasteiger charge is 2.17. The maximum absolute atomic E-state index is 9.84. The number of aliphatic hydroxyl groups is 1. The molecule has 3 nitrogen and oxygen atoms in total. The Morgan fingerprint density at radius 2 is 1.94 bits per heavy atom. The highest BCUT2D eigenvalue weighted by Crippen LogP contribution is 2.30. The summed E-state index contributed by atoms with van der Waals surface area (Å²) in [6.45, 7) is 4.08. The molecule has 1 rings (SSSR count). The molecular formula is C11H16Cl2N2O. The van der Waals surface area contributed by atoms with Crippen LogP contribution in [0.3, 0.4) is 0 Å². The molecule has 0 saturated heterocycles. The van der Waals surface area contributed by atoms with E-state index in [9.17, 15) is 5.11 Å². The average molecular weight is 263 g/mol. The highest BCUT2D eigenvalue weighted by molar-refractivity contribution is 6.42. The van der Waals surface area contributed by atoms with Gasteiger partial charge in [-0.1, -0.05) is 30.1 Å². The highest BCUT2D eigenvalue weighted by atomic mass is 35.5. The third-order valence-corrected chi connectivity index (χ3v) is 3.24. The van der Waals surface area contributed by atoms with Crippen LogP contribution in [-0.2, 0) is 0 Å². The summed E-state index contributed by atoms with van der Waals surface area (Å²) in [5.41, 5.74) is 6.21. The average Bonchev–Trinajstić information content (AvgIpc) is 2.22. The topological polar surface area (TPSA) is 58.3 Å². The number of hydrogen-bond donors (Lipinski definition) is 3. The second-order valence-electron chi connectivity index (χ2n) is 4.06. The van der Waals surface area contributed by atoms with Gasteiger partial charge in [0.2, 0.25) is 0 Å². The number of hydrogen-bond acceptors (Lipinski definition) is 3. The number of anilines is 2. The molecule has 0 aliphatic heterocycles. The summed E-state index contributed by atoms with van der Waals surface area (Å²) in [4.78, 5) is 0. The van der Waals surface area contributed by atoms with E-state index in [4.69, 9.17) is 28.9 Å². The largest absolute Gasteiger partial charge is 0.397 e. The molecule has 0 aromatic heterocycles. The molecule has 1 aromatic rings. The Labute approximate surface area is 106 Å². The first kappa shape index (κ1) is 13.4. The molecule has 90 valence electrons. The van der Waals surface area contributed by atoms with Gasteiger partial charge in [-0.25, -0.2) is 0 Å². The minimum Gasteiger partial charge on any atom is -0.397 e. The van der Waals surface area contributed by atoms with Crippen LogP contribution in [0.2, 0.25) is 10.0 Å². The Kier molecular flexibility index (Phi) is 4.30. The first-order valence-electron chi connectivity index (χ1n) is 5.06. The van der Waals surface area contributed by atoms with E-state index < -0.39 is 5.60 Å². The fourth-order valence-electron chi connectivity index (χ4n) is 1.13. The van der Waals surface area contributed by atoms with Gasteiger partial charge in [0.1, 0.15) is 0 Å². The Morgan fingerprint density at radius 1 is 1.38 bits per heavy atom. The summed E-state index contributed by atoms with van der Waals surface area (Å²) in [6.07, 6.45) is 0.654. The first-order valence-corrected chi connectivity index (χ1v) is 5.82. The summed E-state index contributed by atoms with van der Waals surface area (Å²) in [5.74, 6) is 0. The summed E-state index contributed by atoms with van der Waals surface area (Å²) in [5, 5.41) is 13.8. The van der Waals surface area contributed by atoms with Crippen molar-refractivity contribution in [3.63, 3.8) is 0 Å². The lowest BCUT2D eigenvalue weighted by molar-refractivity contribution is 0.0697. The zero-order valence-corrected chi connectivity index (χ0v) is 10.9. The van der Waals surface area contributed by atoms with E-state index in [0.29, 0.717) is 34.4 Å². The number of nitrogens with one attached hydrogen (secondary N) is 1. The van der Waals surface area contributed by atoms with Gasteiger partial charge in [-0.2, -0.15) is 0 Å². The van der Waals surface area contributed by atoms with Crippen molar-refractivity contribution in [3.8, 4) is 0 Å². The van der Waals surface area contributed by atoms with Crippen molar-refractivity contribution in [2.75, 3.05) is 17.6 Å². The van der Waals surface area contributed by atoms with E-state index >= 15 is 0 Å². The monoisotopic (exact) mass is 262 g/mol. The molecule has 0 radical (unpaired) electrons. The number of nitrogens with two attached hydrogens (primary N) is 1. The third-order valence-electron chi connectivity index (χ3n) is 2.51. The van der Waals surface area contributed by atoms with Gasteiger partial charge in [0.25, 0.3) is 0 Å². The Hall–Kier alpha value is -0.640. The Balaban J connectivity index is 2.79. The Morgan fingerprint density at radius 3 is 2.50 bits per heavy atom. The van der Waals surface area contributed by atoms with Crippen LogP contribution in [-0.4, -0.2) is 17.3 Å². The molecule has 1 aromatic carbocycles. The van der Waals surface area contributed by atoms with Gasteiger partial charge in [0.15, 0.2) is 0 Å². The molecule has 0 fully saturated rings. The van der Waals surface area contributed by atoms with Gasteiger partial charge in [0.05, 0.1) is 27.0 Å². The predicted molar refractivity (Wildman–Crippen MR) is 70.3 cm³/mol. The molecule has 0 aliphatic carbocycles. The smallest absolute Gasteiger partial charge is 0.0788 e. The van der Waals surface area contributed by atoms with Crippen molar-refractivity contribution >= 4 is 34.6 Å². The molecule has 0 amide bonds. The molecular weight excluding hydrogens is 247 g/mol. The van der Waals surface area contributed by atoms with Crippen LogP contribution >= 0.6 is 23.2 Å². The lowest BCUT2D eigenvalue weighted by Crippen LogP contribution is -2.32. The van der Waals surface area contributed by atoms with Crippen LogP contribution in [0, 0.1) is 0 Å². The van der Waals surface area contributed by atoms with Gasteiger partial charge in [0, 0.05) is 6.54 Å². The Bertz CT molecular complexity index is 380. The summed E-state index contributed by atoms with van der Waals surface area (Å²) in [6, 6.07) is 3.25. The number of nitrogen functional groups attached to an aromatic ring is 1. The number of benzene rings is 1. The van der Waals surface area contributed by atoms with Crippen molar-refractivity contribution in [1.29, 1.82) is 0 Å². The van der Waals surface area contributed by atoms with Crippen molar-refractivity contribution in [1.82, 2.24) is 0 Å². The van der Waals surface area contributed by atoms with Crippen molar-refractivity contribution in [2.45, 2.75) is 25.9 Å². The number of rotatable bonds is 4. The van der Waals surface area contributed by atoms with E-state index in [1.807, 2.05) is 6.92 Å². The molecule has 1 unspecified atom stereocenters. The molecule has 1 atom stereocenters. The van der Waals surface area contributed by atoms with Gasteiger partial charge >= 0.3 is 0 Å². The molecule has 16 heavy (non-hydrogen) atoms. The molecule has 0 aliphatic rings. The first-order chi connectivity index (χ1) is 7.35. The van der Waals surface area contributed by atoms with Gasteiger partial charge in [-0.15, -0.1) is 0 Å². The molecule has 0 bridgehead atoms. The van der Waals surface area contributed by atoms with Crippen LogP contribution in [0.4, 0.5) is 11.4 Å². The van der Waals surface area contributed by atoms with Crippen molar-refractivity contribution < 1.29 is 5.11 Å². The summed E-state index contributed by atoms with van der Waals surface area (Å²) >= 11 is 11.7. The van der Waals surface area contributed by atoms with E-state index in [1.165, 1.54) is 0 Å². The standard InChI is InChI=1S/C11H16Cl2N2O/c1-3-11(2,16)6-15-10-5-8(13)7(12)4-9(10)14/h4-5,15-16H,3,6,14H2,1-2H3. The van der Waals surface area contributed by atoms with Crippen LogP contribution in [0.25, 0.3) is 0 Å². The minimum absolute atomic E-state index is 0.408. The van der Waals surface area contributed by atoms with E-state index in [2.05, 4.69) is 5.32 Å². The van der Waals surface area contributed by atoms with Crippen LogP contribution in [0.5, 0.6) is 0 Å². The predicted octanol–water partition coefficient (Wildman–Crippen LogP) is 3.15.